The molecule has 3 rings (SSSR count). The van der Waals surface area contributed by atoms with E-state index in [9.17, 15) is 4.79 Å². The van der Waals surface area contributed by atoms with Crippen LogP contribution < -0.4 is 4.74 Å². The molecule has 0 amide bonds. The Hall–Kier alpha value is -2.95. The summed E-state index contributed by atoms with van der Waals surface area (Å²) < 4.78 is 7.09. The summed E-state index contributed by atoms with van der Waals surface area (Å²) in [6.45, 7) is 7.77. The summed E-state index contributed by atoms with van der Waals surface area (Å²) >= 11 is 0. The zero-order valence-corrected chi connectivity index (χ0v) is 14.2. The summed E-state index contributed by atoms with van der Waals surface area (Å²) in [6, 6.07) is 13.4. The summed E-state index contributed by atoms with van der Waals surface area (Å²) in [7, 11) is 0. The highest BCUT2D eigenvalue weighted by molar-refractivity contribution is 5.90. The van der Waals surface area contributed by atoms with Gasteiger partial charge in [-0.3, -0.25) is 0 Å². The molecule has 0 spiro atoms. The van der Waals surface area contributed by atoms with E-state index in [1.54, 1.807) is 10.7 Å². The van der Waals surface area contributed by atoms with E-state index in [2.05, 4.69) is 10.3 Å². The summed E-state index contributed by atoms with van der Waals surface area (Å²) in [5.74, 6) is -0.00431. The quantitative estimate of drug-likeness (QED) is 0.545. The van der Waals surface area contributed by atoms with Gasteiger partial charge in [-0.15, -0.1) is 5.10 Å². The highest BCUT2D eigenvalue weighted by atomic mass is 16.5. The number of benzene rings is 2. The Morgan fingerprint density at radius 1 is 1.00 bits per heavy atom. The standard InChI is InChI=1S/C19H19N3O2/c1-12-6-5-7-16(10-12)24-19(23)18-15(4)22(21-20-18)17-11-13(2)8-9-14(17)3/h5-11H,1-4H3. The Morgan fingerprint density at radius 2 is 1.75 bits per heavy atom. The minimum absolute atomic E-state index is 0.220. The first kappa shape index (κ1) is 15.9. The predicted molar refractivity (Wildman–Crippen MR) is 91.7 cm³/mol. The van der Waals surface area contributed by atoms with Gasteiger partial charge in [0, 0.05) is 0 Å². The summed E-state index contributed by atoms with van der Waals surface area (Å²) in [5, 5.41) is 8.15. The summed E-state index contributed by atoms with van der Waals surface area (Å²) in [6.07, 6.45) is 0. The fourth-order valence-corrected chi connectivity index (χ4v) is 2.53. The first-order valence-corrected chi connectivity index (χ1v) is 7.74. The Balaban J connectivity index is 1.92. The number of aromatic nitrogens is 3. The molecule has 0 saturated carbocycles. The number of rotatable bonds is 3. The summed E-state index contributed by atoms with van der Waals surface area (Å²) in [4.78, 5) is 12.4. The molecule has 0 aliphatic rings. The van der Waals surface area contributed by atoms with Crippen molar-refractivity contribution in [1.29, 1.82) is 0 Å². The molecule has 0 bridgehead atoms. The van der Waals surface area contributed by atoms with Crippen molar-refractivity contribution >= 4 is 5.97 Å². The number of nitrogens with zero attached hydrogens (tertiary/aromatic N) is 3. The number of carbonyl (C=O) groups excluding carboxylic acids is 1. The van der Waals surface area contributed by atoms with E-state index in [4.69, 9.17) is 4.74 Å². The van der Waals surface area contributed by atoms with E-state index in [-0.39, 0.29) is 5.69 Å². The van der Waals surface area contributed by atoms with E-state index in [0.717, 1.165) is 22.4 Å². The molecule has 0 fully saturated rings. The van der Waals surface area contributed by atoms with E-state index in [1.807, 2.05) is 64.1 Å². The number of carbonyl (C=O) groups is 1. The SMILES string of the molecule is Cc1cccc(OC(=O)c2nnn(-c3cc(C)ccc3C)c2C)c1. The van der Waals surface area contributed by atoms with Crippen LogP contribution in [0.25, 0.3) is 5.69 Å². The van der Waals surface area contributed by atoms with Gasteiger partial charge in [-0.25, -0.2) is 9.48 Å². The van der Waals surface area contributed by atoms with Crippen molar-refractivity contribution in [2.24, 2.45) is 0 Å². The highest BCUT2D eigenvalue weighted by Crippen LogP contribution is 2.19. The van der Waals surface area contributed by atoms with Crippen LogP contribution in [0.15, 0.2) is 42.5 Å². The predicted octanol–water partition coefficient (Wildman–Crippen LogP) is 3.72. The number of aryl methyl sites for hydroxylation is 3. The Kier molecular flexibility index (Phi) is 4.16. The molecule has 0 radical (unpaired) electrons. The number of hydrogen-bond donors (Lipinski definition) is 0. The van der Waals surface area contributed by atoms with Crippen molar-refractivity contribution in [1.82, 2.24) is 15.0 Å². The van der Waals surface area contributed by atoms with E-state index in [0.29, 0.717) is 11.4 Å². The number of hydrogen-bond acceptors (Lipinski definition) is 4. The summed E-state index contributed by atoms with van der Waals surface area (Å²) in [5.41, 5.74) is 4.99. The number of ether oxygens (including phenoxy) is 1. The third-order valence-corrected chi connectivity index (χ3v) is 3.88. The monoisotopic (exact) mass is 321 g/mol. The zero-order valence-electron chi connectivity index (χ0n) is 14.2. The Labute approximate surface area is 140 Å². The van der Waals surface area contributed by atoms with Crippen molar-refractivity contribution in [3.05, 3.63) is 70.5 Å². The molecule has 0 N–H and O–H groups in total. The topological polar surface area (TPSA) is 57.0 Å². The van der Waals surface area contributed by atoms with Crippen LogP contribution in [0.1, 0.15) is 32.9 Å². The second-order valence-corrected chi connectivity index (χ2v) is 5.93. The normalized spacial score (nSPS) is 10.7. The molecule has 24 heavy (non-hydrogen) atoms. The van der Waals surface area contributed by atoms with Crippen molar-refractivity contribution in [2.45, 2.75) is 27.7 Å². The third-order valence-electron chi connectivity index (χ3n) is 3.88. The maximum absolute atomic E-state index is 12.4. The van der Waals surface area contributed by atoms with E-state index >= 15 is 0 Å². The Bertz CT molecular complexity index is 913. The lowest BCUT2D eigenvalue weighted by Gasteiger charge is -2.08. The van der Waals surface area contributed by atoms with Gasteiger partial charge in [0.15, 0.2) is 5.69 Å². The zero-order chi connectivity index (χ0) is 17.3. The molecular weight excluding hydrogens is 302 g/mol. The van der Waals surface area contributed by atoms with E-state index in [1.165, 1.54) is 0 Å². The number of esters is 1. The van der Waals surface area contributed by atoms with Crippen molar-refractivity contribution < 1.29 is 9.53 Å². The minimum atomic E-state index is -0.505. The maximum atomic E-state index is 12.4. The first-order valence-electron chi connectivity index (χ1n) is 7.74. The van der Waals surface area contributed by atoms with Crippen LogP contribution in [-0.4, -0.2) is 21.0 Å². The van der Waals surface area contributed by atoms with Gasteiger partial charge in [0.2, 0.25) is 0 Å². The molecule has 0 aliphatic carbocycles. The van der Waals surface area contributed by atoms with Crippen LogP contribution in [-0.2, 0) is 0 Å². The molecule has 2 aromatic carbocycles. The second kappa shape index (κ2) is 6.28. The van der Waals surface area contributed by atoms with Gasteiger partial charge in [-0.1, -0.05) is 29.5 Å². The van der Waals surface area contributed by atoms with Crippen LogP contribution in [0.2, 0.25) is 0 Å². The highest BCUT2D eigenvalue weighted by Gasteiger charge is 2.20. The second-order valence-electron chi connectivity index (χ2n) is 5.93. The first-order chi connectivity index (χ1) is 11.5. The molecule has 0 atom stereocenters. The van der Waals surface area contributed by atoms with Gasteiger partial charge < -0.3 is 4.74 Å². The van der Waals surface area contributed by atoms with Crippen LogP contribution >= 0.6 is 0 Å². The lowest BCUT2D eigenvalue weighted by Crippen LogP contribution is -2.11. The van der Waals surface area contributed by atoms with Gasteiger partial charge in [0.1, 0.15) is 5.75 Å². The molecule has 0 aliphatic heterocycles. The third kappa shape index (κ3) is 3.06. The van der Waals surface area contributed by atoms with Gasteiger partial charge in [0.25, 0.3) is 0 Å². The maximum Gasteiger partial charge on any atom is 0.366 e. The average Bonchev–Trinajstić information content (AvgIpc) is 2.91. The lowest BCUT2D eigenvalue weighted by atomic mass is 10.1. The van der Waals surface area contributed by atoms with Crippen LogP contribution in [0.5, 0.6) is 5.75 Å². The van der Waals surface area contributed by atoms with Crippen molar-refractivity contribution in [3.8, 4) is 11.4 Å². The van der Waals surface area contributed by atoms with Crippen molar-refractivity contribution in [2.75, 3.05) is 0 Å². The average molecular weight is 321 g/mol. The lowest BCUT2D eigenvalue weighted by molar-refractivity contribution is 0.0727. The molecular formula is C19H19N3O2. The molecule has 5 nitrogen and oxygen atoms in total. The Morgan fingerprint density at radius 3 is 2.50 bits per heavy atom. The smallest absolute Gasteiger partial charge is 0.366 e. The fraction of sp³-hybridized carbons (Fsp3) is 0.211. The molecule has 1 aromatic heterocycles. The van der Waals surface area contributed by atoms with Crippen molar-refractivity contribution in [3.63, 3.8) is 0 Å². The molecule has 3 aromatic rings. The largest absolute Gasteiger partial charge is 0.422 e. The molecule has 0 unspecified atom stereocenters. The van der Waals surface area contributed by atoms with Gasteiger partial charge in [-0.05, 0) is 62.6 Å². The molecule has 5 heteroatoms. The van der Waals surface area contributed by atoms with Crippen LogP contribution in [0, 0.1) is 27.7 Å². The van der Waals surface area contributed by atoms with Crippen LogP contribution in [0.4, 0.5) is 0 Å². The minimum Gasteiger partial charge on any atom is -0.422 e. The van der Waals surface area contributed by atoms with Gasteiger partial charge in [-0.2, -0.15) is 0 Å². The van der Waals surface area contributed by atoms with Gasteiger partial charge in [0.05, 0.1) is 11.4 Å². The fourth-order valence-electron chi connectivity index (χ4n) is 2.53. The molecule has 122 valence electrons. The molecule has 0 saturated heterocycles. The van der Waals surface area contributed by atoms with Gasteiger partial charge >= 0.3 is 5.97 Å². The van der Waals surface area contributed by atoms with E-state index < -0.39 is 5.97 Å². The molecule has 1 heterocycles. The van der Waals surface area contributed by atoms with Crippen LogP contribution in [0.3, 0.4) is 0 Å².